The Hall–Kier alpha value is -2.84. The summed E-state index contributed by atoms with van der Waals surface area (Å²) >= 11 is 4.18. The van der Waals surface area contributed by atoms with Crippen molar-refractivity contribution in [2.75, 3.05) is 51.7 Å². The SMILES string of the molecule is COc1cc(/C=C/C23OCCN2c2ccc(C(=O)NCCS)cc2C3(C)C)cc(OC)c1OC. The molecule has 2 aliphatic rings. The Balaban J connectivity index is 1.73. The van der Waals surface area contributed by atoms with Crippen LogP contribution in [0.5, 0.6) is 17.2 Å². The molecule has 1 fully saturated rings. The van der Waals surface area contributed by atoms with Gasteiger partial charge in [0.05, 0.1) is 27.9 Å². The Morgan fingerprint density at radius 3 is 2.47 bits per heavy atom. The Bertz CT molecular complexity index is 1090. The minimum absolute atomic E-state index is 0.0948. The minimum Gasteiger partial charge on any atom is -0.493 e. The topological polar surface area (TPSA) is 69.3 Å². The van der Waals surface area contributed by atoms with Gasteiger partial charge in [-0.25, -0.2) is 0 Å². The maximum absolute atomic E-state index is 12.6. The standard InChI is InChI=1S/C26H32N2O5S/c1-25(2)19-16-18(24(29)27-10-13-34)6-7-20(19)28-11-12-33-26(25,28)9-8-17-14-21(30-3)23(32-5)22(15-17)31-4/h6-9,14-16,34H,10-13H2,1-5H3,(H,27,29)/b9-8+. The fourth-order valence-electron chi connectivity index (χ4n) is 4.98. The molecule has 0 spiro atoms. The fourth-order valence-corrected chi connectivity index (χ4v) is 5.10. The quantitative estimate of drug-likeness (QED) is 0.554. The number of hydrogen-bond donors (Lipinski definition) is 2. The van der Waals surface area contributed by atoms with E-state index in [0.29, 0.717) is 41.7 Å². The lowest BCUT2D eigenvalue weighted by Gasteiger charge is -2.39. The number of benzene rings is 2. The molecular formula is C26H32N2O5S. The molecule has 182 valence electrons. The van der Waals surface area contributed by atoms with Crippen LogP contribution in [0.25, 0.3) is 6.08 Å². The molecule has 8 heteroatoms. The zero-order valence-electron chi connectivity index (χ0n) is 20.3. The van der Waals surface area contributed by atoms with Gasteiger partial charge in [-0.05, 0) is 47.5 Å². The van der Waals surface area contributed by atoms with Crippen LogP contribution in [-0.4, -0.2) is 58.4 Å². The van der Waals surface area contributed by atoms with E-state index in [9.17, 15) is 4.79 Å². The highest BCUT2D eigenvalue weighted by molar-refractivity contribution is 7.80. The molecule has 0 aromatic heterocycles. The number of carbonyl (C=O) groups is 1. The second-order valence-corrected chi connectivity index (χ2v) is 9.27. The summed E-state index contributed by atoms with van der Waals surface area (Å²) in [6, 6.07) is 9.70. The van der Waals surface area contributed by atoms with E-state index in [1.165, 1.54) is 0 Å². The van der Waals surface area contributed by atoms with Gasteiger partial charge in [0.15, 0.2) is 17.2 Å². The van der Waals surface area contributed by atoms with Crippen LogP contribution in [-0.2, 0) is 10.2 Å². The monoisotopic (exact) mass is 484 g/mol. The van der Waals surface area contributed by atoms with Crippen LogP contribution in [0.1, 0.15) is 35.3 Å². The Morgan fingerprint density at radius 1 is 1.15 bits per heavy atom. The smallest absolute Gasteiger partial charge is 0.251 e. The number of thiol groups is 1. The van der Waals surface area contributed by atoms with Crippen LogP contribution in [0.3, 0.4) is 0 Å². The van der Waals surface area contributed by atoms with Crippen LogP contribution < -0.4 is 24.4 Å². The van der Waals surface area contributed by atoms with Crippen LogP contribution in [0, 0.1) is 0 Å². The van der Waals surface area contributed by atoms with Crippen molar-refractivity contribution < 1.29 is 23.7 Å². The van der Waals surface area contributed by atoms with Crippen molar-refractivity contribution in [1.82, 2.24) is 5.32 Å². The molecule has 1 amide bonds. The van der Waals surface area contributed by atoms with E-state index in [0.717, 1.165) is 23.4 Å². The van der Waals surface area contributed by atoms with Gasteiger partial charge in [-0.2, -0.15) is 12.6 Å². The van der Waals surface area contributed by atoms with E-state index in [1.807, 2.05) is 36.4 Å². The predicted octanol–water partition coefficient (Wildman–Crippen LogP) is 3.91. The number of amides is 1. The van der Waals surface area contributed by atoms with E-state index in [-0.39, 0.29) is 5.91 Å². The van der Waals surface area contributed by atoms with Crippen LogP contribution in [0.15, 0.2) is 36.4 Å². The lowest BCUT2D eigenvalue weighted by molar-refractivity contribution is 0.000320. The molecule has 7 nitrogen and oxygen atoms in total. The summed E-state index contributed by atoms with van der Waals surface area (Å²) in [4.78, 5) is 14.9. The van der Waals surface area contributed by atoms with Gasteiger partial charge >= 0.3 is 0 Å². The van der Waals surface area contributed by atoms with Gasteiger partial charge in [0.1, 0.15) is 0 Å². The molecule has 2 heterocycles. The molecular weight excluding hydrogens is 452 g/mol. The molecule has 1 N–H and O–H groups in total. The van der Waals surface area contributed by atoms with Crippen molar-refractivity contribution in [3.05, 3.63) is 53.1 Å². The van der Waals surface area contributed by atoms with Gasteiger partial charge in [-0.3, -0.25) is 4.79 Å². The van der Waals surface area contributed by atoms with E-state index < -0.39 is 11.1 Å². The molecule has 1 saturated heterocycles. The molecule has 2 aromatic carbocycles. The Morgan fingerprint density at radius 2 is 1.85 bits per heavy atom. The molecule has 1 unspecified atom stereocenters. The van der Waals surface area contributed by atoms with Crippen molar-refractivity contribution in [3.8, 4) is 17.2 Å². The highest BCUT2D eigenvalue weighted by atomic mass is 32.1. The predicted molar refractivity (Wildman–Crippen MR) is 137 cm³/mol. The van der Waals surface area contributed by atoms with Crippen LogP contribution in [0.2, 0.25) is 0 Å². The number of rotatable bonds is 8. The molecule has 0 bridgehead atoms. The van der Waals surface area contributed by atoms with Crippen LogP contribution >= 0.6 is 12.6 Å². The third-order valence-corrected chi connectivity index (χ3v) is 6.97. The number of nitrogens with one attached hydrogen (secondary N) is 1. The van der Waals surface area contributed by atoms with Crippen molar-refractivity contribution in [2.24, 2.45) is 0 Å². The number of ether oxygens (including phenoxy) is 4. The molecule has 34 heavy (non-hydrogen) atoms. The molecule has 0 radical (unpaired) electrons. The number of nitrogens with zero attached hydrogens (tertiary/aromatic N) is 1. The molecule has 0 saturated carbocycles. The maximum Gasteiger partial charge on any atom is 0.251 e. The normalized spacial score (nSPS) is 20.2. The van der Waals surface area contributed by atoms with E-state index in [4.69, 9.17) is 18.9 Å². The number of anilines is 1. The first-order chi connectivity index (χ1) is 16.3. The molecule has 0 aliphatic carbocycles. The lowest BCUT2D eigenvalue weighted by Crippen LogP contribution is -2.51. The number of fused-ring (bicyclic) bond motifs is 3. The second-order valence-electron chi connectivity index (χ2n) is 8.82. The van der Waals surface area contributed by atoms with Crippen LogP contribution in [0.4, 0.5) is 5.69 Å². The summed E-state index contributed by atoms with van der Waals surface area (Å²) in [5.41, 5.74) is 2.62. The molecule has 1 atom stereocenters. The average molecular weight is 485 g/mol. The van der Waals surface area contributed by atoms with Crippen molar-refractivity contribution in [3.63, 3.8) is 0 Å². The van der Waals surface area contributed by atoms with Gasteiger partial charge in [0, 0.05) is 35.5 Å². The number of carbonyl (C=O) groups excluding carboxylic acids is 1. The number of hydrogen-bond acceptors (Lipinski definition) is 7. The first kappa shape index (κ1) is 24.3. The summed E-state index contributed by atoms with van der Waals surface area (Å²) in [5.74, 6) is 2.24. The first-order valence-corrected chi connectivity index (χ1v) is 11.9. The van der Waals surface area contributed by atoms with Gasteiger partial charge in [0.2, 0.25) is 5.75 Å². The first-order valence-electron chi connectivity index (χ1n) is 11.3. The van der Waals surface area contributed by atoms with Crippen molar-refractivity contribution in [1.29, 1.82) is 0 Å². The summed E-state index contributed by atoms with van der Waals surface area (Å²) < 4.78 is 22.9. The summed E-state index contributed by atoms with van der Waals surface area (Å²) in [6.07, 6.45) is 4.12. The highest BCUT2D eigenvalue weighted by Crippen LogP contribution is 2.55. The van der Waals surface area contributed by atoms with Crippen molar-refractivity contribution in [2.45, 2.75) is 25.0 Å². The van der Waals surface area contributed by atoms with Crippen molar-refractivity contribution >= 4 is 30.3 Å². The lowest BCUT2D eigenvalue weighted by atomic mass is 9.77. The molecule has 2 aliphatic heterocycles. The van der Waals surface area contributed by atoms with Gasteiger partial charge in [-0.15, -0.1) is 0 Å². The minimum atomic E-state index is -0.685. The third kappa shape index (κ3) is 3.79. The van der Waals surface area contributed by atoms with E-state index in [2.05, 4.69) is 42.8 Å². The molecule has 2 aromatic rings. The molecule has 4 rings (SSSR count). The summed E-state index contributed by atoms with van der Waals surface area (Å²) in [5, 5.41) is 2.90. The Labute approximate surface area is 206 Å². The maximum atomic E-state index is 12.6. The summed E-state index contributed by atoms with van der Waals surface area (Å²) in [7, 11) is 4.79. The largest absolute Gasteiger partial charge is 0.493 e. The fraction of sp³-hybridized carbons (Fsp3) is 0.423. The van der Waals surface area contributed by atoms with Gasteiger partial charge in [0.25, 0.3) is 5.91 Å². The van der Waals surface area contributed by atoms with E-state index >= 15 is 0 Å². The number of methoxy groups -OCH3 is 3. The third-order valence-electron chi connectivity index (χ3n) is 6.74. The van der Waals surface area contributed by atoms with Gasteiger partial charge < -0.3 is 29.2 Å². The average Bonchev–Trinajstić information content (AvgIpc) is 3.36. The zero-order chi connectivity index (χ0) is 24.5. The zero-order valence-corrected chi connectivity index (χ0v) is 21.2. The van der Waals surface area contributed by atoms with E-state index in [1.54, 1.807) is 21.3 Å². The highest BCUT2D eigenvalue weighted by Gasteiger charge is 2.59. The van der Waals surface area contributed by atoms with Gasteiger partial charge in [-0.1, -0.05) is 19.9 Å². The summed E-state index contributed by atoms with van der Waals surface area (Å²) in [6.45, 7) is 6.23. The second kappa shape index (κ2) is 9.43. The Kier molecular flexibility index (Phi) is 6.73.